The molecule has 0 aliphatic heterocycles. The summed E-state index contributed by atoms with van der Waals surface area (Å²) in [5.41, 5.74) is 0. The summed E-state index contributed by atoms with van der Waals surface area (Å²) in [5.74, 6) is 0.799. The molecule has 2 heteroatoms. The molecule has 1 unspecified atom stereocenters. The van der Waals surface area contributed by atoms with Crippen molar-refractivity contribution in [2.45, 2.75) is 33.2 Å². The largest absolute Gasteiger partial charge is 0.299 e. The normalized spacial score (nSPS) is 13.9. The van der Waals surface area contributed by atoms with E-state index in [2.05, 4.69) is 50.2 Å². The van der Waals surface area contributed by atoms with Gasteiger partial charge in [-0.3, -0.25) is 4.90 Å². The second-order valence-electron chi connectivity index (χ2n) is 4.35. The Balaban J connectivity index is 2.41. The lowest BCUT2D eigenvalue weighted by Crippen LogP contribution is -2.23. The van der Waals surface area contributed by atoms with Gasteiger partial charge in [0.25, 0.3) is 0 Å². The number of hydrogen-bond acceptors (Lipinski definition) is 2. The molecule has 0 amide bonds. The van der Waals surface area contributed by atoms with Crippen molar-refractivity contribution in [1.29, 1.82) is 0 Å². The fourth-order valence-corrected chi connectivity index (χ4v) is 2.25. The quantitative estimate of drug-likeness (QED) is 0.716. The maximum atomic E-state index is 2.44. The van der Waals surface area contributed by atoms with E-state index in [9.17, 15) is 0 Å². The summed E-state index contributed by atoms with van der Waals surface area (Å²) < 4.78 is 0. The van der Waals surface area contributed by atoms with Crippen LogP contribution in [0.1, 0.15) is 38.1 Å². The SMILES string of the molecule is CC(C)CCN(C)C(C)c1cccs1. The van der Waals surface area contributed by atoms with Crippen LogP contribution < -0.4 is 0 Å². The zero-order valence-corrected chi connectivity index (χ0v) is 10.5. The van der Waals surface area contributed by atoms with Crippen LogP contribution in [0.15, 0.2) is 17.5 Å². The summed E-state index contributed by atoms with van der Waals surface area (Å²) in [5, 5.41) is 2.15. The summed E-state index contributed by atoms with van der Waals surface area (Å²) in [6.07, 6.45) is 1.28. The van der Waals surface area contributed by atoms with Crippen LogP contribution in [0.2, 0.25) is 0 Å². The molecule has 0 N–H and O–H groups in total. The molecule has 1 aromatic heterocycles. The van der Waals surface area contributed by atoms with Gasteiger partial charge in [-0.15, -0.1) is 11.3 Å². The average Bonchev–Trinajstić information content (AvgIpc) is 2.65. The summed E-state index contributed by atoms with van der Waals surface area (Å²) in [6, 6.07) is 4.92. The van der Waals surface area contributed by atoms with E-state index >= 15 is 0 Å². The first-order chi connectivity index (χ1) is 6.61. The van der Waals surface area contributed by atoms with Crippen molar-refractivity contribution >= 4 is 11.3 Å². The molecule has 0 aliphatic rings. The molecule has 0 bridgehead atoms. The summed E-state index contributed by atoms with van der Waals surface area (Å²) in [4.78, 5) is 3.91. The Labute approximate surface area is 91.8 Å². The van der Waals surface area contributed by atoms with Gasteiger partial charge in [0, 0.05) is 10.9 Å². The van der Waals surface area contributed by atoms with Crippen molar-refractivity contribution in [3.63, 3.8) is 0 Å². The Kier molecular flexibility index (Phi) is 4.63. The van der Waals surface area contributed by atoms with Crippen molar-refractivity contribution in [3.05, 3.63) is 22.4 Å². The zero-order chi connectivity index (χ0) is 10.6. The molecule has 1 atom stereocenters. The summed E-state index contributed by atoms with van der Waals surface area (Å²) >= 11 is 1.85. The predicted octanol–water partition coefficient (Wildman–Crippen LogP) is 3.79. The van der Waals surface area contributed by atoms with Crippen LogP contribution in [0.4, 0.5) is 0 Å². The maximum Gasteiger partial charge on any atom is 0.0410 e. The van der Waals surface area contributed by atoms with Gasteiger partial charge < -0.3 is 0 Å². The number of rotatable bonds is 5. The molecule has 1 aromatic rings. The minimum absolute atomic E-state index is 0.564. The first-order valence-electron chi connectivity index (χ1n) is 5.35. The van der Waals surface area contributed by atoms with E-state index in [0.717, 1.165) is 5.92 Å². The minimum atomic E-state index is 0.564. The van der Waals surface area contributed by atoms with Gasteiger partial charge in [0.1, 0.15) is 0 Å². The van der Waals surface area contributed by atoms with Gasteiger partial charge in [-0.2, -0.15) is 0 Å². The highest BCUT2D eigenvalue weighted by Gasteiger charge is 2.12. The topological polar surface area (TPSA) is 3.24 Å². The van der Waals surface area contributed by atoms with Gasteiger partial charge in [-0.25, -0.2) is 0 Å². The molecule has 0 aliphatic carbocycles. The molecular weight excluding hydrogens is 190 g/mol. The Morgan fingerprint density at radius 1 is 1.36 bits per heavy atom. The van der Waals surface area contributed by atoms with Crippen LogP contribution in [0.25, 0.3) is 0 Å². The highest BCUT2D eigenvalue weighted by Crippen LogP contribution is 2.23. The molecule has 1 nitrogen and oxygen atoms in total. The lowest BCUT2D eigenvalue weighted by molar-refractivity contribution is 0.249. The van der Waals surface area contributed by atoms with Gasteiger partial charge >= 0.3 is 0 Å². The molecule has 0 aromatic carbocycles. The van der Waals surface area contributed by atoms with E-state index < -0.39 is 0 Å². The van der Waals surface area contributed by atoms with E-state index in [1.54, 1.807) is 0 Å². The fourth-order valence-electron chi connectivity index (χ4n) is 1.40. The van der Waals surface area contributed by atoms with Crippen LogP contribution >= 0.6 is 11.3 Å². The predicted molar refractivity (Wildman–Crippen MR) is 64.8 cm³/mol. The third-order valence-electron chi connectivity index (χ3n) is 2.68. The van der Waals surface area contributed by atoms with Crippen molar-refractivity contribution in [2.24, 2.45) is 5.92 Å². The Morgan fingerprint density at radius 2 is 2.07 bits per heavy atom. The standard InChI is InChI=1S/C12H21NS/c1-10(2)7-8-13(4)11(3)12-6-5-9-14-12/h5-6,9-11H,7-8H2,1-4H3. The Bertz CT molecular complexity index is 241. The number of hydrogen-bond donors (Lipinski definition) is 0. The molecule has 0 radical (unpaired) electrons. The second kappa shape index (κ2) is 5.52. The molecule has 0 fully saturated rings. The van der Waals surface area contributed by atoms with Crippen molar-refractivity contribution in [1.82, 2.24) is 4.90 Å². The van der Waals surface area contributed by atoms with Crippen LogP contribution in [-0.2, 0) is 0 Å². The molecular formula is C12H21NS. The molecule has 1 heterocycles. The minimum Gasteiger partial charge on any atom is -0.299 e. The van der Waals surface area contributed by atoms with Crippen LogP contribution in [0.5, 0.6) is 0 Å². The van der Waals surface area contributed by atoms with Gasteiger partial charge in [-0.05, 0) is 44.3 Å². The first kappa shape index (κ1) is 11.7. The smallest absolute Gasteiger partial charge is 0.0410 e. The molecule has 0 saturated heterocycles. The van der Waals surface area contributed by atoms with Crippen molar-refractivity contribution in [3.8, 4) is 0 Å². The second-order valence-corrected chi connectivity index (χ2v) is 5.33. The fraction of sp³-hybridized carbons (Fsp3) is 0.667. The number of nitrogens with zero attached hydrogens (tertiary/aromatic N) is 1. The number of thiophene rings is 1. The highest BCUT2D eigenvalue weighted by molar-refractivity contribution is 7.10. The lowest BCUT2D eigenvalue weighted by atomic mass is 10.1. The van der Waals surface area contributed by atoms with E-state index in [1.165, 1.54) is 17.8 Å². The van der Waals surface area contributed by atoms with Gasteiger partial charge in [0.05, 0.1) is 0 Å². The highest BCUT2D eigenvalue weighted by atomic mass is 32.1. The van der Waals surface area contributed by atoms with Crippen LogP contribution in [0, 0.1) is 5.92 Å². The lowest BCUT2D eigenvalue weighted by Gasteiger charge is -2.24. The molecule has 0 saturated carbocycles. The van der Waals surface area contributed by atoms with Gasteiger partial charge in [0.2, 0.25) is 0 Å². The van der Waals surface area contributed by atoms with Crippen LogP contribution in [0.3, 0.4) is 0 Å². The van der Waals surface area contributed by atoms with Crippen molar-refractivity contribution < 1.29 is 0 Å². The first-order valence-corrected chi connectivity index (χ1v) is 6.23. The van der Waals surface area contributed by atoms with E-state index in [4.69, 9.17) is 0 Å². The van der Waals surface area contributed by atoms with E-state index in [0.29, 0.717) is 6.04 Å². The van der Waals surface area contributed by atoms with Crippen molar-refractivity contribution in [2.75, 3.05) is 13.6 Å². The monoisotopic (exact) mass is 211 g/mol. The third kappa shape index (κ3) is 3.43. The third-order valence-corrected chi connectivity index (χ3v) is 3.72. The van der Waals surface area contributed by atoms with Crippen LogP contribution in [-0.4, -0.2) is 18.5 Å². The Morgan fingerprint density at radius 3 is 2.57 bits per heavy atom. The zero-order valence-electron chi connectivity index (χ0n) is 9.66. The molecule has 1 rings (SSSR count). The van der Waals surface area contributed by atoms with E-state index in [-0.39, 0.29) is 0 Å². The van der Waals surface area contributed by atoms with Gasteiger partial charge in [-0.1, -0.05) is 19.9 Å². The molecule has 0 spiro atoms. The average molecular weight is 211 g/mol. The molecule has 14 heavy (non-hydrogen) atoms. The summed E-state index contributed by atoms with van der Waals surface area (Å²) in [7, 11) is 2.22. The molecule has 80 valence electrons. The maximum absolute atomic E-state index is 2.44. The van der Waals surface area contributed by atoms with E-state index in [1.807, 2.05) is 11.3 Å². The summed E-state index contributed by atoms with van der Waals surface area (Å²) in [6.45, 7) is 8.04. The van der Waals surface area contributed by atoms with Gasteiger partial charge in [0.15, 0.2) is 0 Å². The Hall–Kier alpha value is -0.340.